The molecule has 96 valence electrons. The predicted octanol–water partition coefficient (Wildman–Crippen LogP) is 1.77. The molecule has 0 amide bonds. The lowest BCUT2D eigenvalue weighted by Gasteiger charge is -2.20. The van der Waals surface area contributed by atoms with Crippen LogP contribution >= 0.6 is 0 Å². The van der Waals surface area contributed by atoms with Crippen LogP contribution in [0.2, 0.25) is 0 Å². The summed E-state index contributed by atoms with van der Waals surface area (Å²) in [5.74, 6) is 1.25. The molecule has 2 rings (SSSR count). The zero-order valence-corrected chi connectivity index (χ0v) is 10.8. The smallest absolute Gasteiger partial charge is 0.229 e. The van der Waals surface area contributed by atoms with Crippen LogP contribution in [0.15, 0.2) is 4.52 Å². The molecule has 17 heavy (non-hydrogen) atoms. The van der Waals surface area contributed by atoms with Gasteiger partial charge in [0, 0.05) is 7.11 Å². The van der Waals surface area contributed by atoms with Crippen LogP contribution in [-0.4, -0.2) is 22.9 Å². The Hall–Kier alpha value is -0.940. The Morgan fingerprint density at radius 1 is 1.41 bits per heavy atom. The average molecular weight is 239 g/mol. The second-order valence-corrected chi connectivity index (χ2v) is 5.52. The molecular weight excluding hydrogens is 218 g/mol. The summed E-state index contributed by atoms with van der Waals surface area (Å²) in [5.41, 5.74) is 5.61. The SMILES string of the molecule is COC(C)(C)Cc1nc(C2(N)CCCC2)no1. The second-order valence-electron chi connectivity index (χ2n) is 5.52. The van der Waals surface area contributed by atoms with E-state index in [2.05, 4.69) is 10.1 Å². The van der Waals surface area contributed by atoms with Crippen LogP contribution in [0.5, 0.6) is 0 Å². The van der Waals surface area contributed by atoms with Crippen molar-refractivity contribution >= 4 is 0 Å². The van der Waals surface area contributed by atoms with Crippen LogP contribution in [0.4, 0.5) is 0 Å². The molecule has 0 atom stereocenters. The van der Waals surface area contributed by atoms with Crippen LogP contribution < -0.4 is 5.73 Å². The maximum atomic E-state index is 6.27. The fourth-order valence-corrected chi connectivity index (χ4v) is 2.19. The Labute approximate surface area is 102 Å². The first-order chi connectivity index (χ1) is 7.95. The monoisotopic (exact) mass is 239 g/mol. The summed E-state index contributed by atoms with van der Waals surface area (Å²) in [4.78, 5) is 4.41. The van der Waals surface area contributed by atoms with Crippen molar-refractivity contribution < 1.29 is 9.26 Å². The number of ether oxygens (including phenoxy) is 1. The van der Waals surface area contributed by atoms with Crippen molar-refractivity contribution in [1.29, 1.82) is 0 Å². The molecule has 2 N–H and O–H groups in total. The minimum absolute atomic E-state index is 0.290. The van der Waals surface area contributed by atoms with Gasteiger partial charge in [-0.25, -0.2) is 0 Å². The Balaban J connectivity index is 2.11. The van der Waals surface area contributed by atoms with E-state index >= 15 is 0 Å². The van der Waals surface area contributed by atoms with Crippen molar-refractivity contribution in [1.82, 2.24) is 10.1 Å². The van der Waals surface area contributed by atoms with Gasteiger partial charge >= 0.3 is 0 Å². The van der Waals surface area contributed by atoms with E-state index in [9.17, 15) is 0 Å². The van der Waals surface area contributed by atoms with Gasteiger partial charge in [0.25, 0.3) is 0 Å². The third kappa shape index (κ3) is 2.66. The first kappa shape index (κ1) is 12.5. The summed E-state index contributed by atoms with van der Waals surface area (Å²) < 4.78 is 10.6. The molecule has 1 saturated carbocycles. The van der Waals surface area contributed by atoms with Gasteiger partial charge in [-0.15, -0.1) is 0 Å². The molecule has 1 aromatic heterocycles. The van der Waals surface area contributed by atoms with Crippen molar-refractivity contribution in [3.63, 3.8) is 0 Å². The van der Waals surface area contributed by atoms with Gasteiger partial charge in [0.1, 0.15) is 0 Å². The van der Waals surface area contributed by atoms with Crippen LogP contribution in [0.25, 0.3) is 0 Å². The Morgan fingerprint density at radius 3 is 2.65 bits per heavy atom. The van der Waals surface area contributed by atoms with E-state index in [-0.39, 0.29) is 11.1 Å². The molecule has 1 aromatic rings. The van der Waals surface area contributed by atoms with Crippen molar-refractivity contribution in [2.45, 2.75) is 57.1 Å². The van der Waals surface area contributed by atoms with E-state index in [0.717, 1.165) is 25.7 Å². The Bertz CT molecular complexity index is 381. The molecule has 1 aliphatic rings. The van der Waals surface area contributed by atoms with E-state index in [4.69, 9.17) is 15.0 Å². The molecular formula is C12H21N3O2. The van der Waals surface area contributed by atoms with E-state index in [1.54, 1.807) is 7.11 Å². The highest BCUT2D eigenvalue weighted by Gasteiger charge is 2.36. The van der Waals surface area contributed by atoms with Crippen molar-refractivity contribution in [3.8, 4) is 0 Å². The van der Waals surface area contributed by atoms with Gasteiger partial charge in [-0.05, 0) is 26.7 Å². The van der Waals surface area contributed by atoms with Crippen molar-refractivity contribution in [3.05, 3.63) is 11.7 Å². The Kier molecular flexibility index (Phi) is 3.23. The standard InChI is InChI=1S/C12H21N3O2/c1-11(2,16-3)8-9-14-10(15-17-9)12(13)6-4-5-7-12/h4-8,13H2,1-3H3. The summed E-state index contributed by atoms with van der Waals surface area (Å²) >= 11 is 0. The summed E-state index contributed by atoms with van der Waals surface area (Å²) in [5, 5.41) is 4.02. The Morgan fingerprint density at radius 2 is 2.06 bits per heavy atom. The number of hydrogen-bond donors (Lipinski definition) is 1. The van der Waals surface area contributed by atoms with Gasteiger partial charge in [-0.1, -0.05) is 18.0 Å². The fourth-order valence-electron chi connectivity index (χ4n) is 2.19. The first-order valence-corrected chi connectivity index (χ1v) is 6.12. The van der Waals surface area contributed by atoms with Gasteiger partial charge in [0.05, 0.1) is 17.6 Å². The first-order valence-electron chi connectivity index (χ1n) is 6.12. The van der Waals surface area contributed by atoms with Crippen molar-refractivity contribution in [2.75, 3.05) is 7.11 Å². The zero-order chi connectivity index (χ0) is 12.5. The third-order valence-electron chi connectivity index (χ3n) is 3.54. The minimum Gasteiger partial charge on any atom is -0.378 e. The third-order valence-corrected chi connectivity index (χ3v) is 3.54. The lowest BCUT2D eigenvalue weighted by molar-refractivity contribution is 0.0170. The summed E-state index contributed by atoms with van der Waals surface area (Å²) in [6, 6.07) is 0. The van der Waals surface area contributed by atoms with Crippen molar-refractivity contribution in [2.24, 2.45) is 5.73 Å². The molecule has 1 heterocycles. The quantitative estimate of drug-likeness (QED) is 0.866. The largest absolute Gasteiger partial charge is 0.378 e. The molecule has 0 bridgehead atoms. The molecule has 5 nitrogen and oxygen atoms in total. The number of hydrogen-bond acceptors (Lipinski definition) is 5. The molecule has 0 aromatic carbocycles. The molecule has 0 unspecified atom stereocenters. The maximum Gasteiger partial charge on any atom is 0.229 e. The van der Waals surface area contributed by atoms with E-state index in [1.165, 1.54) is 0 Å². The van der Waals surface area contributed by atoms with Crippen LogP contribution in [0.1, 0.15) is 51.2 Å². The highest BCUT2D eigenvalue weighted by molar-refractivity contribution is 5.07. The van der Waals surface area contributed by atoms with Crippen LogP contribution in [0, 0.1) is 0 Å². The normalized spacial score (nSPS) is 19.8. The summed E-state index contributed by atoms with van der Waals surface area (Å²) in [7, 11) is 1.68. The zero-order valence-electron chi connectivity index (χ0n) is 10.8. The van der Waals surface area contributed by atoms with E-state index < -0.39 is 0 Å². The molecule has 0 radical (unpaired) electrons. The number of methoxy groups -OCH3 is 1. The number of rotatable bonds is 4. The fraction of sp³-hybridized carbons (Fsp3) is 0.833. The number of nitrogens with two attached hydrogens (primary N) is 1. The number of aromatic nitrogens is 2. The molecule has 0 saturated heterocycles. The summed E-state index contributed by atoms with van der Waals surface area (Å²) in [6.07, 6.45) is 4.78. The van der Waals surface area contributed by atoms with E-state index in [1.807, 2.05) is 13.8 Å². The van der Waals surface area contributed by atoms with E-state index in [0.29, 0.717) is 18.1 Å². The maximum absolute atomic E-state index is 6.27. The van der Waals surface area contributed by atoms with Gasteiger partial charge < -0.3 is 15.0 Å². The highest BCUT2D eigenvalue weighted by atomic mass is 16.5. The van der Waals surface area contributed by atoms with Gasteiger partial charge in [0.2, 0.25) is 5.89 Å². The predicted molar refractivity (Wildman–Crippen MR) is 63.4 cm³/mol. The highest BCUT2D eigenvalue weighted by Crippen LogP contribution is 2.34. The van der Waals surface area contributed by atoms with Gasteiger partial charge in [-0.2, -0.15) is 4.98 Å². The van der Waals surface area contributed by atoms with Crippen LogP contribution in [-0.2, 0) is 16.7 Å². The molecule has 5 heteroatoms. The lowest BCUT2D eigenvalue weighted by Crippen LogP contribution is -2.34. The van der Waals surface area contributed by atoms with Gasteiger partial charge in [-0.3, -0.25) is 0 Å². The number of nitrogens with zero attached hydrogens (tertiary/aromatic N) is 2. The molecule has 1 fully saturated rings. The molecule has 0 aliphatic heterocycles. The average Bonchev–Trinajstić information content (AvgIpc) is 2.88. The van der Waals surface area contributed by atoms with Gasteiger partial charge in [0.15, 0.2) is 5.82 Å². The summed E-state index contributed by atoms with van der Waals surface area (Å²) in [6.45, 7) is 3.98. The molecule has 0 spiro atoms. The van der Waals surface area contributed by atoms with Crippen LogP contribution in [0.3, 0.4) is 0 Å². The lowest BCUT2D eigenvalue weighted by atomic mass is 9.98. The topological polar surface area (TPSA) is 74.2 Å². The minimum atomic E-state index is -0.376. The molecule has 1 aliphatic carbocycles. The second kappa shape index (κ2) is 4.38.